The SMILES string of the molecule is COc1cnc(C(F)F)cc1-c1cc(C#CC2(O)COC2)ccc1C=O. The van der Waals surface area contributed by atoms with Crippen LogP contribution in [0, 0.1) is 11.8 Å². The number of halogens is 2. The van der Waals surface area contributed by atoms with Crippen LogP contribution < -0.4 is 4.74 Å². The second kappa shape index (κ2) is 7.20. The van der Waals surface area contributed by atoms with Crippen LogP contribution in [0.5, 0.6) is 5.75 Å². The lowest BCUT2D eigenvalue weighted by Gasteiger charge is -2.30. The van der Waals surface area contributed by atoms with E-state index in [4.69, 9.17) is 9.47 Å². The van der Waals surface area contributed by atoms with Gasteiger partial charge in [-0.2, -0.15) is 0 Å². The number of hydrogen-bond donors (Lipinski definition) is 1. The van der Waals surface area contributed by atoms with Crippen molar-refractivity contribution in [1.82, 2.24) is 4.98 Å². The molecular formula is C19H15F2NO4. The number of aromatic nitrogens is 1. The van der Waals surface area contributed by atoms with E-state index in [0.717, 1.165) is 0 Å². The minimum absolute atomic E-state index is 0.134. The van der Waals surface area contributed by atoms with Gasteiger partial charge in [-0.1, -0.05) is 11.8 Å². The molecule has 26 heavy (non-hydrogen) atoms. The summed E-state index contributed by atoms with van der Waals surface area (Å²) in [7, 11) is 1.39. The van der Waals surface area contributed by atoms with Gasteiger partial charge in [-0.3, -0.25) is 9.78 Å². The van der Waals surface area contributed by atoms with Crippen LogP contribution in [0.4, 0.5) is 8.78 Å². The Morgan fingerprint density at radius 3 is 2.69 bits per heavy atom. The molecule has 0 aliphatic carbocycles. The zero-order valence-corrected chi connectivity index (χ0v) is 13.8. The van der Waals surface area contributed by atoms with E-state index in [1.807, 2.05) is 0 Å². The number of ether oxygens (including phenoxy) is 2. The molecule has 134 valence electrons. The summed E-state index contributed by atoms with van der Waals surface area (Å²) in [6.07, 6.45) is -0.935. The monoisotopic (exact) mass is 359 g/mol. The van der Waals surface area contributed by atoms with E-state index in [-0.39, 0.29) is 19.0 Å². The standard InChI is InChI=1S/C19H15F2NO4/c1-25-17-8-22-16(18(20)21)7-15(17)14-6-12(2-3-13(14)9-23)4-5-19(24)10-26-11-19/h2-3,6-9,18,24H,10-11H2,1H3. The number of rotatable bonds is 4. The van der Waals surface area contributed by atoms with Crippen molar-refractivity contribution in [3.63, 3.8) is 0 Å². The highest BCUT2D eigenvalue weighted by molar-refractivity contribution is 5.90. The van der Waals surface area contributed by atoms with Crippen molar-refractivity contribution in [2.24, 2.45) is 0 Å². The third-order valence-electron chi connectivity index (χ3n) is 3.92. The molecular weight excluding hydrogens is 344 g/mol. The Hall–Kier alpha value is -2.82. The molecule has 0 spiro atoms. The van der Waals surface area contributed by atoms with Gasteiger partial charge in [0.2, 0.25) is 0 Å². The van der Waals surface area contributed by atoms with Crippen molar-refractivity contribution in [2.45, 2.75) is 12.0 Å². The highest BCUT2D eigenvalue weighted by Crippen LogP contribution is 2.34. The number of nitrogens with zero attached hydrogens (tertiary/aromatic N) is 1. The van der Waals surface area contributed by atoms with Crippen molar-refractivity contribution >= 4 is 6.29 Å². The molecule has 1 aromatic heterocycles. The summed E-state index contributed by atoms with van der Waals surface area (Å²) < 4.78 is 36.2. The Balaban J connectivity index is 2.10. The van der Waals surface area contributed by atoms with E-state index >= 15 is 0 Å². The minimum atomic E-state index is -2.75. The Kier molecular flexibility index (Phi) is 4.98. The van der Waals surface area contributed by atoms with Crippen LogP contribution in [0.25, 0.3) is 11.1 Å². The zero-order valence-electron chi connectivity index (χ0n) is 13.8. The van der Waals surface area contributed by atoms with Gasteiger partial charge < -0.3 is 14.6 Å². The van der Waals surface area contributed by atoms with Crippen LogP contribution in [0.2, 0.25) is 0 Å². The molecule has 2 heterocycles. The maximum absolute atomic E-state index is 13.0. The first-order valence-corrected chi connectivity index (χ1v) is 7.71. The first kappa shape index (κ1) is 18.0. The zero-order chi connectivity index (χ0) is 18.7. The normalized spacial score (nSPS) is 15.0. The molecule has 0 saturated carbocycles. The fourth-order valence-electron chi connectivity index (χ4n) is 2.48. The van der Waals surface area contributed by atoms with Gasteiger partial charge in [-0.25, -0.2) is 8.78 Å². The summed E-state index contributed by atoms with van der Waals surface area (Å²) in [5.74, 6) is 5.80. The van der Waals surface area contributed by atoms with Crippen molar-refractivity contribution < 1.29 is 28.2 Å². The highest BCUT2D eigenvalue weighted by atomic mass is 19.3. The van der Waals surface area contributed by atoms with Crippen molar-refractivity contribution in [2.75, 3.05) is 20.3 Å². The Bertz CT molecular complexity index is 898. The molecule has 0 unspecified atom stereocenters. The molecule has 0 amide bonds. The number of pyridine rings is 1. The molecule has 0 bridgehead atoms. The van der Waals surface area contributed by atoms with Crippen LogP contribution in [-0.4, -0.2) is 42.3 Å². The molecule has 1 saturated heterocycles. The predicted molar refractivity (Wildman–Crippen MR) is 89.2 cm³/mol. The first-order chi connectivity index (χ1) is 12.5. The van der Waals surface area contributed by atoms with Crippen LogP contribution >= 0.6 is 0 Å². The van der Waals surface area contributed by atoms with Crippen LogP contribution in [0.1, 0.15) is 28.0 Å². The van der Waals surface area contributed by atoms with Crippen molar-refractivity contribution in [3.05, 3.63) is 47.3 Å². The number of aliphatic hydroxyl groups is 1. The first-order valence-electron chi connectivity index (χ1n) is 7.71. The summed E-state index contributed by atoms with van der Waals surface area (Å²) in [5.41, 5.74) is -0.0795. The third kappa shape index (κ3) is 3.57. The van der Waals surface area contributed by atoms with E-state index in [9.17, 15) is 18.7 Å². The van der Waals surface area contributed by atoms with E-state index in [1.165, 1.54) is 25.4 Å². The van der Waals surface area contributed by atoms with Gasteiger partial charge in [0.1, 0.15) is 11.4 Å². The molecule has 2 aromatic rings. The number of carbonyl (C=O) groups excluding carboxylic acids is 1. The maximum atomic E-state index is 13.0. The molecule has 1 N–H and O–H groups in total. The van der Waals surface area contributed by atoms with Crippen LogP contribution in [0.3, 0.4) is 0 Å². The van der Waals surface area contributed by atoms with Crippen molar-refractivity contribution in [1.29, 1.82) is 0 Å². The second-order valence-electron chi connectivity index (χ2n) is 5.80. The molecule has 0 radical (unpaired) electrons. The fourth-order valence-corrected chi connectivity index (χ4v) is 2.48. The summed E-state index contributed by atoms with van der Waals surface area (Å²) in [5, 5.41) is 9.97. The lowest BCUT2D eigenvalue weighted by molar-refractivity contribution is -0.140. The Labute approximate surface area is 148 Å². The molecule has 0 atom stereocenters. The van der Waals surface area contributed by atoms with Gasteiger partial charge in [-0.05, 0) is 29.8 Å². The van der Waals surface area contributed by atoms with Crippen LogP contribution in [-0.2, 0) is 4.74 Å². The molecule has 1 aromatic carbocycles. The van der Waals surface area contributed by atoms with Gasteiger partial charge in [0.25, 0.3) is 6.43 Å². The maximum Gasteiger partial charge on any atom is 0.280 e. The predicted octanol–water partition coefficient (Wildman–Crippen LogP) is 2.62. The summed E-state index contributed by atoms with van der Waals surface area (Å²) in [4.78, 5) is 15.1. The Morgan fingerprint density at radius 2 is 2.12 bits per heavy atom. The summed E-state index contributed by atoms with van der Waals surface area (Å²) in [6.45, 7) is 0.268. The Morgan fingerprint density at radius 1 is 1.35 bits per heavy atom. The lowest BCUT2D eigenvalue weighted by Crippen LogP contribution is -2.48. The third-order valence-corrected chi connectivity index (χ3v) is 3.92. The number of aldehydes is 1. The van der Waals surface area contributed by atoms with E-state index in [2.05, 4.69) is 16.8 Å². The smallest absolute Gasteiger partial charge is 0.280 e. The van der Waals surface area contributed by atoms with E-state index < -0.39 is 17.7 Å². The number of hydrogen-bond acceptors (Lipinski definition) is 5. The second-order valence-corrected chi connectivity index (χ2v) is 5.80. The lowest BCUT2D eigenvalue weighted by atomic mass is 9.96. The topological polar surface area (TPSA) is 68.7 Å². The highest BCUT2D eigenvalue weighted by Gasteiger charge is 2.33. The van der Waals surface area contributed by atoms with Crippen molar-refractivity contribution in [3.8, 4) is 28.7 Å². The van der Waals surface area contributed by atoms with Gasteiger partial charge in [-0.15, -0.1) is 0 Å². The molecule has 5 nitrogen and oxygen atoms in total. The average molecular weight is 359 g/mol. The van der Waals surface area contributed by atoms with Gasteiger partial charge >= 0.3 is 0 Å². The van der Waals surface area contributed by atoms with Gasteiger partial charge in [0.05, 0.1) is 26.5 Å². The summed E-state index contributed by atoms with van der Waals surface area (Å²) >= 11 is 0. The largest absolute Gasteiger partial charge is 0.494 e. The fraction of sp³-hybridized carbons (Fsp3) is 0.263. The summed E-state index contributed by atoms with van der Waals surface area (Å²) in [6, 6.07) is 5.93. The average Bonchev–Trinajstić information content (AvgIpc) is 2.63. The molecule has 7 heteroatoms. The quantitative estimate of drug-likeness (QED) is 0.671. The number of alkyl halides is 2. The van der Waals surface area contributed by atoms with Gasteiger partial charge in [0.15, 0.2) is 11.9 Å². The number of carbonyl (C=O) groups is 1. The molecule has 1 aliphatic rings. The number of benzene rings is 1. The molecule has 1 aliphatic heterocycles. The van der Waals surface area contributed by atoms with E-state index in [0.29, 0.717) is 28.5 Å². The van der Waals surface area contributed by atoms with Gasteiger partial charge in [0, 0.05) is 16.7 Å². The van der Waals surface area contributed by atoms with Crippen LogP contribution in [0.15, 0.2) is 30.5 Å². The van der Waals surface area contributed by atoms with E-state index in [1.54, 1.807) is 12.1 Å². The molecule has 1 fully saturated rings. The molecule has 3 rings (SSSR count). The minimum Gasteiger partial charge on any atom is -0.494 e. The number of methoxy groups -OCH3 is 1.